The second-order valence-corrected chi connectivity index (χ2v) is 8.94. The average Bonchev–Trinajstić information content (AvgIpc) is 3.28. The Balaban J connectivity index is 1.31. The van der Waals surface area contributed by atoms with E-state index in [4.69, 9.17) is 9.47 Å². The molecule has 0 radical (unpaired) electrons. The van der Waals surface area contributed by atoms with Crippen molar-refractivity contribution in [3.05, 3.63) is 54.1 Å². The van der Waals surface area contributed by atoms with Gasteiger partial charge in [-0.25, -0.2) is 0 Å². The molecule has 1 aliphatic heterocycles. The van der Waals surface area contributed by atoms with E-state index in [1.807, 2.05) is 0 Å². The highest BCUT2D eigenvalue weighted by atomic mass is 16.5. The molecule has 0 amide bonds. The molecule has 0 N–H and O–H groups in total. The lowest BCUT2D eigenvalue weighted by atomic mass is 10.0. The van der Waals surface area contributed by atoms with Crippen molar-refractivity contribution in [3.8, 4) is 11.5 Å². The van der Waals surface area contributed by atoms with Crippen LogP contribution in [0.2, 0.25) is 0 Å². The van der Waals surface area contributed by atoms with E-state index in [2.05, 4.69) is 65.3 Å². The monoisotopic (exact) mass is 408 g/mol. The van der Waals surface area contributed by atoms with Crippen LogP contribution in [0.25, 0.3) is 0 Å². The molecular formula is C26H36N2O2. The SMILES string of the molecule is COc1ccc(N2CCN(C[C@@H](C)Cc3ccccc3)CC2)cc1OC1CCCC1. The highest BCUT2D eigenvalue weighted by Gasteiger charge is 2.22. The molecule has 2 aliphatic rings. The van der Waals surface area contributed by atoms with Gasteiger partial charge >= 0.3 is 0 Å². The van der Waals surface area contributed by atoms with E-state index in [0.29, 0.717) is 12.0 Å². The maximum absolute atomic E-state index is 6.30. The average molecular weight is 409 g/mol. The van der Waals surface area contributed by atoms with Crippen LogP contribution in [-0.2, 0) is 6.42 Å². The first kappa shape index (κ1) is 21.0. The summed E-state index contributed by atoms with van der Waals surface area (Å²) in [5.41, 5.74) is 2.69. The fourth-order valence-corrected chi connectivity index (χ4v) is 4.85. The van der Waals surface area contributed by atoms with E-state index < -0.39 is 0 Å². The molecular weight excluding hydrogens is 372 g/mol. The van der Waals surface area contributed by atoms with Gasteiger partial charge in [-0.2, -0.15) is 0 Å². The maximum atomic E-state index is 6.30. The first-order valence-corrected chi connectivity index (χ1v) is 11.6. The van der Waals surface area contributed by atoms with Gasteiger partial charge in [0.1, 0.15) is 0 Å². The van der Waals surface area contributed by atoms with Crippen LogP contribution in [0.15, 0.2) is 48.5 Å². The molecule has 30 heavy (non-hydrogen) atoms. The number of ether oxygens (including phenoxy) is 2. The zero-order valence-electron chi connectivity index (χ0n) is 18.6. The number of rotatable bonds is 8. The Bertz CT molecular complexity index is 781. The molecule has 0 spiro atoms. The summed E-state index contributed by atoms with van der Waals surface area (Å²) in [6, 6.07) is 17.3. The molecule has 0 aromatic heterocycles. The third-order valence-corrected chi connectivity index (χ3v) is 6.48. The molecule has 1 heterocycles. The predicted molar refractivity (Wildman–Crippen MR) is 124 cm³/mol. The Hall–Kier alpha value is -2.20. The molecule has 1 aliphatic carbocycles. The largest absolute Gasteiger partial charge is 0.493 e. The van der Waals surface area contributed by atoms with Crippen LogP contribution >= 0.6 is 0 Å². The number of nitrogens with zero attached hydrogens (tertiary/aromatic N) is 2. The van der Waals surface area contributed by atoms with E-state index in [9.17, 15) is 0 Å². The van der Waals surface area contributed by atoms with Crippen LogP contribution in [0.4, 0.5) is 5.69 Å². The van der Waals surface area contributed by atoms with Gasteiger partial charge < -0.3 is 14.4 Å². The van der Waals surface area contributed by atoms with Crippen molar-refractivity contribution < 1.29 is 9.47 Å². The van der Waals surface area contributed by atoms with Crippen LogP contribution < -0.4 is 14.4 Å². The second-order valence-electron chi connectivity index (χ2n) is 8.94. The Morgan fingerprint density at radius 2 is 1.67 bits per heavy atom. The molecule has 0 unspecified atom stereocenters. The van der Waals surface area contributed by atoms with Gasteiger partial charge in [-0.1, -0.05) is 37.3 Å². The highest BCUT2D eigenvalue weighted by Crippen LogP contribution is 2.35. The topological polar surface area (TPSA) is 24.9 Å². The van der Waals surface area contributed by atoms with Gasteiger partial charge in [0.15, 0.2) is 11.5 Å². The van der Waals surface area contributed by atoms with Gasteiger partial charge in [0.2, 0.25) is 0 Å². The van der Waals surface area contributed by atoms with E-state index in [0.717, 1.165) is 56.9 Å². The predicted octanol–water partition coefficient (Wildman–Crippen LogP) is 5.02. The summed E-state index contributed by atoms with van der Waals surface area (Å²) in [6.07, 6.45) is 6.37. The third-order valence-electron chi connectivity index (χ3n) is 6.48. The smallest absolute Gasteiger partial charge is 0.163 e. The summed E-state index contributed by atoms with van der Waals surface area (Å²) in [5.74, 6) is 2.42. The second kappa shape index (κ2) is 10.2. The number of benzene rings is 2. The van der Waals surface area contributed by atoms with Crippen molar-refractivity contribution in [2.45, 2.75) is 45.1 Å². The van der Waals surface area contributed by atoms with Crippen molar-refractivity contribution in [1.82, 2.24) is 4.90 Å². The van der Waals surface area contributed by atoms with Crippen molar-refractivity contribution in [2.24, 2.45) is 5.92 Å². The molecule has 162 valence electrons. The minimum Gasteiger partial charge on any atom is -0.493 e. The molecule has 4 nitrogen and oxygen atoms in total. The third kappa shape index (κ3) is 5.48. The number of piperazine rings is 1. The van der Waals surface area contributed by atoms with Crippen LogP contribution in [0.5, 0.6) is 11.5 Å². The van der Waals surface area contributed by atoms with E-state index >= 15 is 0 Å². The van der Waals surface area contributed by atoms with E-state index in [1.165, 1.54) is 30.6 Å². The number of hydrogen-bond donors (Lipinski definition) is 0. The lowest BCUT2D eigenvalue weighted by Gasteiger charge is -2.37. The van der Waals surface area contributed by atoms with Gasteiger partial charge in [-0.05, 0) is 55.7 Å². The van der Waals surface area contributed by atoms with Crippen LogP contribution in [0.3, 0.4) is 0 Å². The van der Waals surface area contributed by atoms with Gasteiger partial charge in [0, 0.05) is 44.5 Å². The zero-order valence-corrected chi connectivity index (χ0v) is 18.6. The zero-order chi connectivity index (χ0) is 20.8. The summed E-state index contributed by atoms with van der Waals surface area (Å²) in [6.45, 7) is 7.89. The molecule has 4 rings (SSSR count). The van der Waals surface area contributed by atoms with Crippen molar-refractivity contribution in [2.75, 3.05) is 44.7 Å². The molecule has 4 heteroatoms. The number of methoxy groups -OCH3 is 1. The first-order valence-electron chi connectivity index (χ1n) is 11.6. The standard InChI is InChI=1S/C26H36N2O2/c1-21(18-22-8-4-3-5-9-22)20-27-14-16-28(17-15-27)23-12-13-25(29-2)26(19-23)30-24-10-6-7-11-24/h3-5,8-9,12-13,19,21,24H,6-7,10-11,14-18,20H2,1-2H3/t21-/m0/s1. The number of anilines is 1. The molecule has 1 saturated heterocycles. The van der Waals surface area contributed by atoms with Crippen LogP contribution in [0.1, 0.15) is 38.2 Å². The molecule has 2 aromatic rings. The van der Waals surface area contributed by atoms with Crippen molar-refractivity contribution in [3.63, 3.8) is 0 Å². The summed E-state index contributed by atoms with van der Waals surface area (Å²) >= 11 is 0. The summed E-state index contributed by atoms with van der Waals surface area (Å²) in [4.78, 5) is 5.10. The van der Waals surface area contributed by atoms with Gasteiger partial charge in [0.05, 0.1) is 13.2 Å². The minimum absolute atomic E-state index is 0.345. The lowest BCUT2D eigenvalue weighted by Crippen LogP contribution is -2.47. The molecule has 2 fully saturated rings. The molecule has 0 bridgehead atoms. The van der Waals surface area contributed by atoms with Gasteiger partial charge in [-0.3, -0.25) is 4.90 Å². The summed E-state index contributed by atoms with van der Waals surface area (Å²) in [7, 11) is 1.73. The van der Waals surface area contributed by atoms with Gasteiger partial charge in [0.25, 0.3) is 0 Å². The van der Waals surface area contributed by atoms with Gasteiger partial charge in [-0.15, -0.1) is 0 Å². The van der Waals surface area contributed by atoms with Crippen LogP contribution in [-0.4, -0.2) is 50.8 Å². The van der Waals surface area contributed by atoms with E-state index in [1.54, 1.807) is 7.11 Å². The van der Waals surface area contributed by atoms with Crippen molar-refractivity contribution >= 4 is 5.69 Å². The Labute approximate surface area is 181 Å². The summed E-state index contributed by atoms with van der Waals surface area (Å²) in [5, 5.41) is 0. The van der Waals surface area contributed by atoms with Crippen molar-refractivity contribution in [1.29, 1.82) is 0 Å². The molecule has 2 aromatic carbocycles. The lowest BCUT2D eigenvalue weighted by molar-refractivity contribution is 0.200. The quantitative estimate of drug-likeness (QED) is 0.612. The van der Waals surface area contributed by atoms with Crippen LogP contribution in [0, 0.1) is 5.92 Å². The molecule has 1 atom stereocenters. The summed E-state index contributed by atoms with van der Waals surface area (Å²) < 4.78 is 11.9. The Morgan fingerprint density at radius 1 is 0.933 bits per heavy atom. The Morgan fingerprint density at radius 3 is 2.37 bits per heavy atom. The maximum Gasteiger partial charge on any atom is 0.163 e. The normalized spacial score (nSPS) is 19.1. The highest BCUT2D eigenvalue weighted by molar-refractivity contribution is 5.56. The fraction of sp³-hybridized carbons (Fsp3) is 0.538. The Kier molecular flexibility index (Phi) is 7.16. The fourth-order valence-electron chi connectivity index (χ4n) is 4.85. The minimum atomic E-state index is 0.345. The number of hydrogen-bond acceptors (Lipinski definition) is 4. The van der Waals surface area contributed by atoms with E-state index in [-0.39, 0.29) is 0 Å². The first-order chi connectivity index (χ1) is 14.7. The molecule has 1 saturated carbocycles.